The number of carbonyl (C=O) groups is 1. The van der Waals surface area contributed by atoms with Crippen LogP contribution < -0.4 is 9.64 Å². The van der Waals surface area contributed by atoms with Crippen molar-refractivity contribution in [3.8, 4) is 17.3 Å². The summed E-state index contributed by atoms with van der Waals surface area (Å²) in [5.41, 5.74) is -3.75. The normalized spacial score (nSPS) is 26.4. The van der Waals surface area contributed by atoms with Crippen LogP contribution in [-0.2, 0) is 15.7 Å². The summed E-state index contributed by atoms with van der Waals surface area (Å²) in [5.74, 6) is -0.757. The standard InChI is InChI=1S/C35H39ClF5N7O3/c1-45-11-8-22(45)6-7-26(49)48-13-12-46(17-34(48)18-50-19-34)31-24-15-42-29(23-4-2-5-25(36)27(23)35(39,40)41)28(38)30(24)43-32(44-31)51-20-33-9-3-10-47(33)16-21(37)14-33/h2,4-5,15,21-22H,3,6-14,16-20H2,1H3/t21-,22+,33+/m1/s1. The summed E-state index contributed by atoms with van der Waals surface area (Å²) in [7, 11) is 2.06. The molecule has 3 aromatic rings. The van der Waals surface area contributed by atoms with Gasteiger partial charge in [-0.2, -0.15) is 23.1 Å². The first-order valence-corrected chi connectivity index (χ1v) is 17.8. The highest BCUT2D eigenvalue weighted by Crippen LogP contribution is 2.44. The lowest BCUT2D eigenvalue weighted by Gasteiger charge is -2.55. The van der Waals surface area contributed by atoms with Crippen LogP contribution in [0, 0.1) is 5.82 Å². The molecule has 3 atom stereocenters. The number of alkyl halides is 4. The number of piperazine rings is 1. The minimum Gasteiger partial charge on any atom is -0.461 e. The number of nitrogens with zero attached hydrogens (tertiary/aromatic N) is 7. The van der Waals surface area contributed by atoms with E-state index in [1.165, 1.54) is 12.3 Å². The van der Waals surface area contributed by atoms with E-state index in [1.54, 1.807) is 0 Å². The Labute approximate surface area is 296 Å². The number of carbonyl (C=O) groups excluding carboxylic acids is 1. The topological polar surface area (TPSA) is 87.2 Å². The molecule has 0 aliphatic carbocycles. The van der Waals surface area contributed by atoms with Crippen molar-refractivity contribution in [3.63, 3.8) is 0 Å². The van der Waals surface area contributed by atoms with Gasteiger partial charge in [0.1, 0.15) is 35.3 Å². The number of hydrogen-bond donors (Lipinski definition) is 0. The lowest BCUT2D eigenvalue weighted by molar-refractivity contribution is -0.169. The molecule has 8 rings (SSSR count). The van der Waals surface area contributed by atoms with Crippen molar-refractivity contribution in [1.82, 2.24) is 29.7 Å². The minimum absolute atomic E-state index is 0.0530. The molecule has 0 N–H and O–H groups in total. The van der Waals surface area contributed by atoms with Gasteiger partial charge >= 0.3 is 12.2 Å². The van der Waals surface area contributed by atoms with Gasteiger partial charge in [-0.05, 0) is 51.9 Å². The number of likely N-dealkylation sites (tertiary alicyclic amines) is 1. The minimum atomic E-state index is -4.88. The van der Waals surface area contributed by atoms with E-state index in [-0.39, 0.29) is 35.2 Å². The first-order valence-electron chi connectivity index (χ1n) is 17.5. The molecule has 0 radical (unpaired) electrons. The zero-order valence-corrected chi connectivity index (χ0v) is 28.9. The summed E-state index contributed by atoms with van der Waals surface area (Å²) in [5, 5.41) is -0.412. The fraction of sp³-hybridized carbons (Fsp3) is 0.600. The van der Waals surface area contributed by atoms with E-state index >= 15 is 4.39 Å². The van der Waals surface area contributed by atoms with Gasteiger partial charge in [0.25, 0.3) is 0 Å². The van der Waals surface area contributed by atoms with Crippen LogP contribution in [-0.4, -0.2) is 125 Å². The molecular weight excluding hydrogens is 697 g/mol. The second-order valence-corrected chi connectivity index (χ2v) is 15.1. The molecule has 0 saturated carbocycles. The van der Waals surface area contributed by atoms with Crippen LogP contribution in [0.1, 0.15) is 44.1 Å². The van der Waals surface area contributed by atoms with E-state index < -0.39 is 51.1 Å². The van der Waals surface area contributed by atoms with E-state index in [0.29, 0.717) is 58.3 Å². The fourth-order valence-corrected chi connectivity index (χ4v) is 8.95. The predicted molar refractivity (Wildman–Crippen MR) is 179 cm³/mol. The number of fused-ring (bicyclic) bond motifs is 2. The average molecular weight is 736 g/mol. The van der Waals surface area contributed by atoms with Crippen molar-refractivity contribution in [3.05, 3.63) is 40.8 Å². The Morgan fingerprint density at radius 1 is 1.16 bits per heavy atom. The Balaban J connectivity index is 1.16. The first kappa shape index (κ1) is 34.7. The second-order valence-electron chi connectivity index (χ2n) is 14.7. The monoisotopic (exact) mass is 735 g/mol. The number of amides is 1. The van der Waals surface area contributed by atoms with Crippen molar-refractivity contribution in [2.75, 3.05) is 71.0 Å². The Morgan fingerprint density at radius 3 is 2.69 bits per heavy atom. The van der Waals surface area contributed by atoms with E-state index in [0.717, 1.165) is 50.9 Å². The molecule has 5 saturated heterocycles. The number of aromatic nitrogens is 3. The van der Waals surface area contributed by atoms with Gasteiger partial charge in [0.2, 0.25) is 5.91 Å². The second kappa shape index (κ2) is 12.9. The van der Waals surface area contributed by atoms with Gasteiger partial charge in [-0.25, -0.2) is 8.78 Å². The SMILES string of the molecule is CN1CC[C@@H]1CCC(=O)N1CCN(c2nc(OC[C@@]34CCCN3C[C@H](F)C4)nc3c(F)c(-c4cccc(Cl)c4C(F)(F)F)ncc23)CC12COC2. The molecule has 274 valence electrons. The van der Waals surface area contributed by atoms with Crippen LogP contribution in [0.2, 0.25) is 5.02 Å². The van der Waals surface area contributed by atoms with Crippen LogP contribution in [0.25, 0.3) is 22.2 Å². The Kier molecular flexibility index (Phi) is 8.78. The molecule has 10 nitrogen and oxygen atoms in total. The largest absolute Gasteiger partial charge is 0.461 e. The molecule has 1 aromatic carbocycles. The predicted octanol–water partition coefficient (Wildman–Crippen LogP) is 5.36. The van der Waals surface area contributed by atoms with Gasteiger partial charge in [-0.15, -0.1) is 0 Å². The number of ether oxygens (including phenoxy) is 2. The third-order valence-electron chi connectivity index (χ3n) is 11.5. The Morgan fingerprint density at radius 2 is 1.98 bits per heavy atom. The van der Waals surface area contributed by atoms with Crippen LogP contribution in [0.4, 0.5) is 27.8 Å². The first-order chi connectivity index (χ1) is 24.4. The number of halogens is 6. The number of rotatable bonds is 8. The zero-order chi connectivity index (χ0) is 35.7. The third kappa shape index (κ3) is 6.07. The van der Waals surface area contributed by atoms with Gasteiger partial charge in [0.15, 0.2) is 5.82 Å². The van der Waals surface area contributed by atoms with Gasteiger partial charge in [0, 0.05) is 56.8 Å². The Bertz CT molecular complexity index is 1850. The van der Waals surface area contributed by atoms with Gasteiger partial charge < -0.3 is 24.2 Å². The van der Waals surface area contributed by atoms with E-state index in [4.69, 9.17) is 26.1 Å². The number of benzene rings is 1. The van der Waals surface area contributed by atoms with Crippen molar-refractivity contribution in [1.29, 1.82) is 0 Å². The molecular formula is C35H39ClF5N7O3. The van der Waals surface area contributed by atoms with Crippen molar-refractivity contribution in [2.45, 2.75) is 68.0 Å². The summed E-state index contributed by atoms with van der Waals surface area (Å²) in [6.07, 6.45) is -0.432. The molecule has 1 amide bonds. The lowest BCUT2D eigenvalue weighted by Crippen LogP contribution is -2.73. The number of anilines is 1. The maximum Gasteiger partial charge on any atom is 0.418 e. The van der Waals surface area contributed by atoms with Gasteiger partial charge in [-0.3, -0.25) is 14.7 Å². The summed E-state index contributed by atoms with van der Waals surface area (Å²) >= 11 is 5.98. The summed E-state index contributed by atoms with van der Waals surface area (Å²) in [6.45, 7) is 3.82. The smallest absolute Gasteiger partial charge is 0.418 e. The van der Waals surface area contributed by atoms with Gasteiger partial charge in [-0.1, -0.05) is 23.7 Å². The molecule has 0 unspecified atom stereocenters. The highest BCUT2D eigenvalue weighted by molar-refractivity contribution is 6.31. The Hall–Kier alpha value is -3.40. The third-order valence-corrected chi connectivity index (χ3v) is 11.9. The van der Waals surface area contributed by atoms with Crippen LogP contribution in [0.3, 0.4) is 0 Å². The number of hydrogen-bond acceptors (Lipinski definition) is 9. The van der Waals surface area contributed by atoms with Crippen molar-refractivity contribution in [2.24, 2.45) is 0 Å². The molecule has 5 fully saturated rings. The van der Waals surface area contributed by atoms with E-state index in [2.05, 4.69) is 26.8 Å². The zero-order valence-electron chi connectivity index (χ0n) is 28.2. The maximum atomic E-state index is 16.6. The molecule has 7 heterocycles. The molecule has 2 aromatic heterocycles. The molecule has 1 spiro atoms. The van der Waals surface area contributed by atoms with E-state index in [9.17, 15) is 22.4 Å². The highest BCUT2D eigenvalue weighted by Gasteiger charge is 2.51. The van der Waals surface area contributed by atoms with Crippen molar-refractivity contribution >= 4 is 34.2 Å². The van der Waals surface area contributed by atoms with Crippen LogP contribution in [0.5, 0.6) is 6.01 Å². The van der Waals surface area contributed by atoms with E-state index in [1.807, 2.05) is 9.80 Å². The van der Waals surface area contributed by atoms with Crippen LogP contribution in [0.15, 0.2) is 24.4 Å². The van der Waals surface area contributed by atoms with Gasteiger partial charge in [0.05, 0.1) is 34.7 Å². The molecule has 0 bridgehead atoms. The summed E-state index contributed by atoms with van der Waals surface area (Å²) in [6, 6.07) is 3.73. The lowest BCUT2D eigenvalue weighted by atomic mass is 9.90. The average Bonchev–Trinajstić information content (AvgIpc) is 3.60. The highest BCUT2D eigenvalue weighted by atomic mass is 35.5. The molecule has 5 aliphatic heterocycles. The fourth-order valence-electron chi connectivity index (χ4n) is 8.66. The number of pyridine rings is 1. The molecule has 16 heteroatoms. The summed E-state index contributed by atoms with van der Waals surface area (Å²) < 4.78 is 85.5. The molecule has 5 aliphatic rings. The van der Waals surface area contributed by atoms with Crippen molar-refractivity contribution < 1.29 is 36.2 Å². The molecule has 51 heavy (non-hydrogen) atoms. The summed E-state index contributed by atoms with van der Waals surface area (Å²) in [4.78, 5) is 35.0. The quantitative estimate of drug-likeness (QED) is 0.284. The maximum absolute atomic E-state index is 16.6. The van der Waals surface area contributed by atoms with Crippen LogP contribution >= 0.6 is 11.6 Å².